The van der Waals surface area contributed by atoms with Gasteiger partial charge in [0.15, 0.2) is 5.76 Å². The number of nitrogens with zero attached hydrogens (tertiary/aromatic N) is 1. The molecule has 2 rings (SSSR count). The van der Waals surface area contributed by atoms with E-state index in [1.807, 2.05) is 30.3 Å². The lowest BCUT2D eigenvalue weighted by molar-refractivity contribution is 0.557. The molecule has 0 saturated carbocycles. The lowest BCUT2D eigenvalue weighted by atomic mass is 10.3. The molecule has 54 valence electrons. The van der Waals surface area contributed by atoms with Crippen molar-refractivity contribution in [3.05, 3.63) is 35.2 Å². The predicted octanol–water partition coefficient (Wildman–Crippen LogP) is 2.51. The van der Waals surface area contributed by atoms with Crippen molar-refractivity contribution in [1.29, 1.82) is 0 Å². The Morgan fingerprint density at radius 1 is 1.18 bits per heavy atom. The summed E-state index contributed by atoms with van der Waals surface area (Å²) >= 11 is 4.77. The second kappa shape index (κ2) is 2.43. The Kier molecular flexibility index (Phi) is 1.43. The molecular formula is C8H5NOS. The van der Waals surface area contributed by atoms with Crippen molar-refractivity contribution in [3.8, 4) is 11.5 Å². The van der Waals surface area contributed by atoms with Gasteiger partial charge < -0.3 is 4.42 Å². The standard InChI is InChI=1S/C8H5NOS/c11-8-9-6-4-2-1-3-5-7(6)10-8/h1-5H. The molecule has 0 atom stereocenters. The number of rotatable bonds is 0. The molecule has 0 aromatic heterocycles. The highest BCUT2D eigenvalue weighted by Gasteiger charge is 2.03. The van der Waals surface area contributed by atoms with Gasteiger partial charge in [0, 0.05) is 0 Å². The fourth-order valence-electron chi connectivity index (χ4n) is 0.915. The lowest BCUT2D eigenvalue weighted by Gasteiger charge is -1.80. The Morgan fingerprint density at radius 2 is 2.00 bits per heavy atom. The van der Waals surface area contributed by atoms with Crippen molar-refractivity contribution in [2.24, 2.45) is 0 Å². The second-order valence-corrected chi connectivity index (χ2v) is 2.49. The predicted molar refractivity (Wildman–Crippen MR) is 44.0 cm³/mol. The van der Waals surface area contributed by atoms with Gasteiger partial charge in [-0.15, -0.1) is 0 Å². The summed E-state index contributed by atoms with van der Waals surface area (Å²) in [6, 6.07) is 9.43. The molecule has 0 fully saturated rings. The summed E-state index contributed by atoms with van der Waals surface area (Å²) in [6.45, 7) is 0. The Hall–Kier alpha value is -1.22. The zero-order valence-corrected chi connectivity index (χ0v) is 6.47. The first-order valence-electron chi connectivity index (χ1n) is 3.22. The molecule has 11 heavy (non-hydrogen) atoms. The van der Waals surface area contributed by atoms with E-state index in [4.69, 9.17) is 16.6 Å². The molecule has 0 aromatic carbocycles. The third kappa shape index (κ3) is 1.14. The number of fused-ring (bicyclic) bond motifs is 1. The van der Waals surface area contributed by atoms with E-state index in [2.05, 4.69) is 4.98 Å². The van der Waals surface area contributed by atoms with Crippen LogP contribution in [-0.2, 0) is 0 Å². The van der Waals surface area contributed by atoms with Crippen LogP contribution in [0.5, 0.6) is 0 Å². The highest BCUT2D eigenvalue weighted by molar-refractivity contribution is 7.71. The van der Waals surface area contributed by atoms with E-state index < -0.39 is 0 Å². The lowest BCUT2D eigenvalue weighted by Crippen LogP contribution is -1.65. The molecule has 1 aliphatic carbocycles. The number of oxazole rings is 1. The van der Waals surface area contributed by atoms with Gasteiger partial charge in [-0.05, 0) is 24.4 Å². The Labute approximate surface area is 68.9 Å². The molecule has 1 aliphatic heterocycles. The molecule has 1 heterocycles. The molecule has 0 N–H and O–H groups in total. The van der Waals surface area contributed by atoms with E-state index in [0.29, 0.717) is 4.84 Å². The number of aromatic nitrogens is 1. The van der Waals surface area contributed by atoms with Crippen LogP contribution in [0.3, 0.4) is 0 Å². The summed E-state index contributed by atoms with van der Waals surface area (Å²) in [5.41, 5.74) is 0.806. The van der Waals surface area contributed by atoms with Crippen molar-refractivity contribution in [3.63, 3.8) is 0 Å². The van der Waals surface area contributed by atoms with E-state index in [9.17, 15) is 0 Å². The van der Waals surface area contributed by atoms with Crippen LogP contribution in [0.2, 0.25) is 0 Å². The van der Waals surface area contributed by atoms with Gasteiger partial charge >= 0.3 is 0 Å². The van der Waals surface area contributed by atoms with E-state index >= 15 is 0 Å². The van der Waals surface area contributed by atoms with Crippen LogP contribution in [0, 0.1) is 4.84 Å². The average Bonchev–Trinajstić information content (AvgIpc) is 2.17. The Bertz CT molecular complexity index is 362. The van der Waals surface area contributed by atoms with E-state index in [-0.39, 0.29) is 0 Å². The summed E-state index contributed by atoms with van der Waals surface area (Å²) in [6.07, 6.45) is 0. The molecule has 0 bridgehead atoms. The van der Waals surface area contributed by atoms with Crippen LogP contribution < -0.4 is 0 Å². The van der Waals surface area contributed by atoms with Crippen LogP contribution in [0.15, 0.2) is 34.7 Å². The van der Waals surface area contributed by atoms with E-state index in [0.717, 1.165) is 11.5 Å². The minimum absolute atomic E-state index is 0.297. The van der Waals surface area contributed by atoms with Crippen LogP contribution in [0.25, 0.3) is 11.5 Å². The third-order valence-electron chi connectivity index (χ3n) is 1.39. The van der Waals surface area contributed by atoms with E-state index in [1.54, 1.807) is 0 Å². The summed E-state index contributed by atoms with van der Waals surface area (Å²) < 4.78 is 5.13. The van der Waals surface area contributed by atoms with Crippen LogP contribution in [0.1, 0.15) is 0 Å². The van der Waals surface area contributed by atoms with Crippen LogP contribution in [-0.4, -0.2) is 4.98 Å². The molecule has 0 saturated heterocycles. The molecule has 0 unspecified atom stereocenters. The van der Waals surface area contributed by atoms with Crippen molar-refractivity contribution in [2.75, 3.05) is 0 Å². The van der Waals surface area contributed by atoms with Gasteiger partial charge in [0.05, 0.1) is 0 Å². The quantitative estimate of drug-likeness (QED) is 0.558. The first kappa shape index (κ1) is 6.49. The molecule has 3 heteroatoms. The minimum Gasteiger partial charge on any atom is -0.428 e. The van der Waals surface area contributed by atoms with E-state index in [1.165, 1.54) is 0 Å². The van der Waals surface area contributed by atoms with Crippen molar-refractivity contribution in [2.45, 2.75) is 0 Å². The smallest absolute Gasteiger partial charge is 0.289 e. The normalized spacial score (nSPS) is 10.2. The molecule has 0 aromatic rings. The summed E-state index contributed by atoms with van der Waals surface area (Å²) in [4.78, 5) is 4.30. The Morgan fingerprint density at radius 3 is 2.91 bits per heavy atom. The van der Waals surface area contributed by atoms with Gasteiger partial charge in [0.2, 0.25) is 0 Å². The second-order valence-electron chi connectivity index (χ2n) is 2.14. The average molecular weight is 163 g/mol. The van der Waals surface area contributed by atoms with Crippen LogP contribution in [0.4, 0.5) is 0 Å². The molecule has 2 aliphatic rings. The van der Waals surface area contributed by atoms with Gasteiger partial charge in [0.25, 0.3) is 4.84 Å². The van der Waals surface area contributed by atoms with Crippen molar-refractivity contribution < 1.29 is 4.42 Å². The molecule has 0 spiro atoms. The minimum atomic E-state index is 0.297. The largest absolute Gasteiger partial charge is 0.428 e. The summed E-state index contributed by atoms with van der Waals surface area (Å²) in [5.74, 6) is 0.736. The molecule has 0 amide bonds. The SMILES string of the molecule is S=c1nc2cccccc-2o1. The fourth-order valence-corrected chi connectivity index (χ4v) is 1.10. The molecule has 2 nitrogen and oxygen atoms in total. The van der Waals surface area contributed by atoms with Gasteiger partial charge in [0.1, 0.15) is 5.69 Å². The van der Waals surface area contributed by atoms with Crippen molar-refractivity contribution in [1.82, 2.24) is 4.98 Å². The fraction of sp³-hybridized carbons (Fsp3) is 0. The third-order valence-corrected chi connectivity index (χ3v) is 1.56. The Balaban J connectivity index is 2.83. The van der Waals surface area contributed by atoms with Gasteiger partial charge in [-0.2, -0.15) is 4.98 Å². The zero-order valence-electron chi connectivity index (χ0n) is 5.65. The maximum Gasteiger partial charge on any atom is 0.289 e. The van der Waals surface area contributed by atoms with Gasteiger partial charge in [-0.1, -0.05) is 18.2 Å². The molecule has 0 radical (unpaired) electrons. The summed E-state index contributed by atoms with van der Waals surface area (Å²) in [5, 5.41) is 0. The highest BCUT2D eigenvalue weighted by Crippen LogP contribution is 2.17. The first-order chi connectivity index (χ1) is 5.36. The summed E-state index contributed by atoms with van der Waals surface area (Å²) in [7, 11) is 0. The topological polar surface area (TPSA) is 26.0 Å². The zero-order chi connectivity index (χ0) is 7.68. The first-order valence-corrected chi connectivity index (χ1v) is 3.63. The van der Waals surface area contributed by atoms with Gasteiger partial charge in [-0.3, -0.25) is 0 Å². The maximum absolute atomic E-state index is 5.13. The number of hydrogen-bond donors (Lipinski definition) is 0. The maximum atomic E-state index is 5.13. The van der Waals surface area contributed by atoms with Crippen molar-refractivity contribution >= 4 is 12.2 Å². The molecular weight excluding hydrogens is 158 g/mol. The van der Waals surface area contributed by atoms with Crippen LogP contribution >= 0.6 is 12.2 Å². The number of hydrogen-bond acceptors (Lipinski definition) is 3. The monoisotopic (exact) mass is 163 g/mol. The highest BCUT2D eigenvalue weighted by atomic mass is 32.1. The van der Waals surface area contributed by atoms with Gasteiger partial charge in [-0.25, -0.2) is 0 Å².